The minimum absolute atomic E-state index is 0.347. The van der Waals surface area contributed by atoms with Crippen molar-refractivity contribution in [3.8, 4) is 15.8 Å². The summed E-state index contributed by atoms with van der Waals surface area (Å²) in [6.45, 7) is 2.15. The fourth-order valence-electron chi connectivity index (χ4n) is 1.85. The van der Waals surface area contributed by atoms with E-state index in [4.69, 9.17) is 0 Å². The number of aryl methyl sites for hydroxylation is 1. The number of hydrogen-bond acceptors (Lipinski definition) is 2. The first-order valence-corrected chi connectivity index (χ1v) is 7.23. The molecule has 0 saturated heterocycles. The maximum atomic E-state index is 4.10. The van der Waals surface area contributed by atoms with E-state index in [0.717, 1.165) is 6.42 Å². The molecular formula is C14H12NS2+. The summed E-state index contributed by atoms with van der Waals surface area (Å²) in [6, 6.07) is 12.0. The van der Waals surface area contributed by atoms with Crippen molar-refractivity contribution in [3.63, 3.8) is 0 Å². The molecule has 0 bridgehead atoms. The van der Waals surface area contributed by atoms with Gasteiger partial charge in [-0.3, -0.25) is 0 Å². The smallest absolute Gasteiger partial charge is 0.140 e. The van der Waals surface area contributed by atoms with Crippen LogP contribution in [0.15, 0.2) is 36.5 Å². The van der Waals surface area contributed by atoms with Gasteiger partial charge in [0.2, 0.25) is 0 Å². The second kappa shape index (κ2) is 4.48. The third-order valence-corrected chi connectivity index (χ3v) is 5.13. The van der Waals surface area contributed by atoms with Crippen LogP contribution in [0.1, 0.15) is 22.1 Å². The Kier molecular flexibility index (Phi) is 2.84. The van der Waals surface area contributed by atoms with Crippen LogP contribution < -0.4 is 0 Å². The number of allylic oxidation sites excluding steroid dienone is 1. The third kappa shape index (κ3) is 2.19. The van der Waals surface area contributed by atoms with Gasteiger partial charge in [0, 0.05) is 25.6 Å². The molecule has 1 aliphatic heterocycles. The Hall–Kier alpha value is -1.37. The van der Waals surface area contributed by atoms with Gasteiger partial charge in [0.05, 0.1) is 0 Å². The van der Waals surface area contributed by atoms with Crippen molar-refractivity contribution in [1.82, 2.24) is 0 Å². The molecule has 0 aliphatic carbocycles. The first kappa shape index (κ1) is 10.8. The molecule has 1 aliphatic rings. The molecule has 17 heavy (non-hydrogen) atoms. The average molecular weight is 258 g/mol. The van der Waals surface area contributed by atoms with Crippen molar-refractivity contribution in [2.45, 2.75) is 19.3 Å². The van der Waals surface area contributed by atoms with E-state index in [9.17, 15) is 0 Å². The molecule has 1 nitrogen and oxygen atoms in total. The monoisotopic (exact) mass is 258 g/mol. The van der Waals surface area contributed by atoms with Crippen molar-refractivity contribution >= 4 is 22.7 Å². The lowest BCUT2D eigenvalue weighted by Crippen LogP contribution is -1.91. The molecule has 1 unspecified atom stereocenters. The highest BCUT2D eigenvalue weighted by Crippen LogP contribution is 2.37. The molecule has 0 radical (unpaired) electrons. The summed E-state index contributed by atoms with van der Waals surface area (Å²) in [4.78, 5) is 9.54. The van der Waals surface area contributed by atoms with Crippen LogP contribution in [0.5, 0.6) is 0 Å². The second-order valence-corrected chi connectivity index (χ2v) is 6.45. The van der Waals surface area contributed by atoms with Gasteiger partial charge < -0.3 is 0 Å². The molecule has 84 valence electrons. The molecule has 0 amide bonds. The van der Waals surface area contributed by atoms with Crippen LogP contribution in [-0.2, 0) is 0 Å². The van der Waals surface area contributed by atoms with Gasteiger partial charge in [0.25, 0.3) is 6.07 Å². The van der Waals surface area contributed by atoms with Crippen LogP contribution in [0.25, 0.3) is 14.6 Å². The molecule has 0 N–H and O–H groups in total. The summed E-state index contributed by atoms with van der Waals surface area (Å²) >= 11 is 3.71. The number of hydrogen-bond donors (Lipinski definition) is 0. The molecular weight excluding hydrogens is 246 g/mol. The number of nitrogens with zero attached hydrogens (tertiary/aromatic N) is 1. The van der Waals surface area contributed by atoms with Crippen LogP contribution in [0.3, 0.4) is 0 Å². The Balaban J connectivity index is 1.89. The van der Waals surface area contributed by atoms with Crippen LogP contribution >= 0.6 is 22.7 Å². The Morgan fingerprint density at radius 2 is 2.00 bits per heavy atom. The summed E-state index contributed by atoms with van der Waals surface area (Å²) in [5.41, 5.74) is 0. The molecule has 0 aromatic carbocycles. The molecule has 1 atom stereocenters. The van der Waals surface area contributed by atoms with Crippen molar-refractivity contribution in [2.75, 3.05) is 0 Å². The minimum atomic E-state index is 0.347. The van der Waals surface area contributed by atoms with Gasteiger partial charge in [0.1, 0.15) is 5.92 Å². The van der Waals surface area contributed by atoms with E-state index in [1.165, 1.54) is 19.5 Å². The van der Waals surface area contributed by atoms with Crippen LogP contribution in [0, 0.1) is 13.0 Å². The van der Waals surface area contributed by atoms with E-state index in [-0.39, 0.29) is 0 Å². The van der Waals surface area contributed by atoms with Crippen molar-refractivity contribution in [2.24, 2.45) is 0 Å². The van der Waals surface area contributed by atoms with E-state index in [1.54, 1.807) is 0 Å². The molecule has 0 fully saturated rings. The molecule has 0 spiro atoms. The Bertz CT molecular complexity index is 622. The summed E-state index contributed by atoms with van der Waals surface area (Å²) in [6.07, 6.45) is 4.95. The van der Waals surface area contributed by atoms with Gasteiger partial charge in [-0.15, -0.1) is 22.7 Å². The lowest BCUT2D eigenvalue weighted by molar-refractivity contribution is 0.904. The average Bonchev–Trinajstić information content (AvgIpc) is 2.98. The Morgan fingerprint density at radius 3 is 2.71 bits per heavy atom. The van der Waals surface area contributed by atoms with Crippen molar-refractivity contribution in [3.05, 3.63) is 51.1 Å². The maximum Gasteiger partial charge on any atom is 0.301 e. The first-order valence-electron chi connectivity index (χ1n) is 5.60. The minimum Gasteiger partial charge on any atom is -0.140 e. The predicted molar refractivity (Wildman–Crippen MR) is 76.1 cm³/mol. The quantitative estimate of drug-likeness (QED) is 0.704. The van der Waals surface area contributed by atoms with Crippen LogP contribution in [0.4, 0.5) is 0 Å². The standard InChI is InChI=1S/C14H12NS2/c1-10-4-5-13(16-10)14-7-6-12(17-14)11-3-2-8-15-9-11/h2,4-8,11H,3H2,1H3/q+1. The highest BCUT2D eigenvalue weighted by atomic mass is 32.1. The summed E-state index contributed by atoms with van der Waals surface area (Å²) in [5.74, 6) is 0.347. The lowest BCUT2D eigenvalue weighted by Gasteiger charge is -1.99. The van der Waals surface area contributed by atoms with Gasteiger partial charge in [0.15, 0.2) is 0 Å². The summed E-state index contributed by atoms with van der Waals surface area (Å²) < 4.78 is 0. The molecule has 3 rings (SSSR count). The van der Waals surface area contributed by atoms with Gasteiger partial charge in [-0.05, 0) is 42.5 Å². The lowest BCUT2D eigenvalue weighted by atomic mass is 10.0. The van der Waals surface area contributed by atoms with E-state index in [1.807, 2.05) is 28.9 Å². The van der Waals surface area contributed by atoms with Crippen molar-refractivity contribution in [1.29, 1.82) is 0 Å². The zero-order chi connectivity index (χ0) is 11.7. The zero-order valence-corrected chi connectivity index (χ0v) is 11.1. The number of thiophene rings is 2. The second-order valence-electron chi connectivity index (χ2n) is 4.04. The van der Waals surface area contributed by atoms with Gasteiger partial charge in [-0.2, -0.15) is 0 Å². The maximum absolute atomic E-state index is 4.10. The highest BCUT2D eigenvalue weighted by molar-refractivity contribution is 7.22. The fraction of sp³-hybridized carbons (Fsp3) is 0.214. The Labute approximate surface area is 109 Å². The zero-order valence-electron chi connectivity index (χ0n) is 9.51. The SMILES string of the molecule is Cc1ccc(-c2ccc(C3C#[N+]C=CC3)s2)s1. The Morgan fingerprint density at radius 1 is 1.18 bits per heavy atom. The highest BCUT2D eigenvalue weighted by Gasteiger charge is 2.18. The summed E-state index contributed by atoms with van der Waals surface area (Å²) in [5, 5.41) is 0. The van der Waals surface area contributed by atoms with E-state index in [2.05, 4.69) is 48.2 Å². The normalized spacial score (nSPS) is 17.8. The predicted octanol–water partition coefficient (Wildman–Crippen LogP) is 5.12. The molecule has 2 aromatic heterocycles. The molecule has 3 heteroatoms. The van der Waals surface area contributed by atoms with Crippen LogP contribution in [-0.4, -0.2) is 0 Å². The van der Waals surface area contributed by atoms with Crippen molar-refractivity contribution < 1.29 is 0 Å². The topological polar surface area (TPSA) is 4.36 Å². The largest absolute Gasteiger partial charge is 0.301 e. The van der Waals surface area contributed by atoms with Crippen LogP contribution in [0.2, 0.25) is 0 Å². The van der Waals surface area contributed by atoms with E-state index < -0.39 is 0 Å². The number of rotatable bonds is 2. The van der Waals surface area contributed by atoms with Gasteiger partial charge in [-0.25, -0.2) is 0 Å². The molecule has 0 saturated carbocycles. The van der Waals surface area contributed by atoms with Gasteiger partial charge in [-0.1, -0.05) is 0 Å². The van der Waals surface area contributed by atoms with Gasteiger partial charge >= 0.3 is 6.20 Å². The fourth-order valence-corrected chi connectivity index (χ4v) is 3.88. The molecule has 3 heterocycles. The summed E-state index contributed by atoms with van der Waals surface area (Å²) in [7, 11) is 0. The first-order chi connectivity index (χ1) is 8.33. The third-order valence-electron chi connectivity index (χ3n) is 2.74. The molecule has 2 aromatic rings. The van der Waals surface area contributed by atoms with E-state index >= 15 is 0 Å². The van der Waals surface area contributed by atoms with E-state index in [0.29, 0.717) is 5.92 Å².